The Morgan fingerprint density at radius 2 is 2.05 bits per heavy atom. The number of nitrogens with two attached hydrogens (primary N) is 1. The zero-order valence-corrected chi connectivity index (χ0v) is 12.2. The summed E-state index contributed by atoms with van der Waals surface area (Å²) in [5, 5.41) is 0. The van der Waals surface area contributed by atoms with Crippen LogP contribution >= 0.6 is 0 Å². The quantitative estimate of drug-likeness (QED) is 0.730. The van der Waals surface area contributed by atoms with Crippen LogP contribution < -0.4 is 5.73 Å². The van der Waals surface area contributed by atoms with E-state index in [-0.39, 0.29) is 5.41 Å². The number of hydrogen-bond donors (Lipinski definition) is 1. The standard InChI is InChI=1S/C18H23NO/c1-18-10-9-12-11-3-2-4-16(19)14(11)6-5-13(12)15(18)7-8-17(18)20/h2-4,12-13,15H,5-10,19H2,1H3. The van der Waals surface area contributed by atoms with E-state index in [2.05, 4.69) is 19.1 Å². The fourth-order valence-corrected chi connectivity index (χ4v) is 5.42. The Bertz CT molecular complexity index is 579. The molecule has 3 aliphatic carbocycles. The number of hydrogen-bond acceptors (Lipinski definition) is 2. The normalized spacial score (nSPS) is 39.0. The van der Waals surface area contributed by atoms with Gasteiger partial charge < -0.3 is 5.73 Å². The Morgan fingerprint density at radius 3 is 2.90 bits per heavy atom. The predicted molar refractivity (Wildman–Crippen MR) is 80.5 cm³/mol. The molecule has 4 atom stereocenters. The number of Topliss-reactive ketones (excluding diaryl/α,β-unsaturated/α-hetero) is 1. The zero-order valence-electron chi connectivity index (χ0n) is 12.2. The molecule has 2 heteroatoms. The fourth-order valence-electron chi connectivity index (χ4n) is 5.42. The number of ketones is 1. The Labute approximate surface area is 120 Å². The number of fused-ring (bicyclic) bond motifs is 5. The molecular weight excluding hydrogens is 246 g/mol. The maximum atomic E-state index is 12.3. The van der Waals surface area contributed by atoms with Crippen LogP contribution in [0.25, 0.3) is 0 Å². The van der Waals surface area contributed by atoms with Crippen LogP contribution in [0.5, 0.6) is 0 Å². The summed E-state index contributed by atoms with van der Waals surface area (Å²) < 4.78 is 0. The number of anilines is 1. The largest absolute Gasteiger partial charge is 0.398 e. The molecule has 2 N–H and O–H groups in total. The second-order valence-corrected chi connectivity index (χ2v) is 7.25. The van der Waals surface area contributed by atoms with E-state index in [1.54, 1.807) is 0 Å². The van der Waals surface area contributed by atoms with Crippen molar-refractivity contribution in [2.45, 2.75) is 51.4 Å². The molecule has 0 heterocycles. The summed E-state index contributed by atoms with van der Waals surface area (Å²) in [5.74, 6) is 2.49. The van der Waals surface area contributed by atoms with Gasteiger partial charge in [-0.15, -0.1) is 0 Å². The molecule has 1 aromatic rings. The third-order valence-electron chi connectivity index (χ3n) is 6.52. The molecule has 2 fully saturated rings. The number of rotatable bonds is 0. The fraction of sp³-hybridized carbons (Fsp3) is 0.611. The van der Waals surface area contributed by atoms with Crippen LogP contribution in [0.3, 0.4) is 0 Å². The first-order valence-electron chi connectivity index (χ1n) is 8.02. The second-order valence-electron chi connectivity index (χ2n) is 7.25. The Morgan fingerprint density at radius 1 is 1.20 bits per heavy atom. The molecule has 2 saturated carbocycles. The summed E-state index contributed by atoms with van der Waals surface area (Å²) in [6, 6.07) is 6.41. The second kappa shape index (κ2) is 4.09. The number of benzene rings is 1. The number of carbonyl (C=O) groups excluding carboxylic acids is 1. The van der Waals surface area contributed by atoms with Crippen LogP contribution in [-0.4, -0.2) is 5.78 Å². The van der Waals surface area contributed by atoms with Crippen LogP contribution in [-0.2, 0) is 11.2 Å². The molecule has 106 valence electrons. The van der Waals surface area contributed by atoms with Crippen LogP contribution in [0.1, 0.15) is 56.1 Å². The van der Waals surface area contributed by atoms with Crippen molar-refractivity contribution in [1.29, 1.82) is 0 Å². The van der Waals surface area contributed by atoms with Crippen LogP contribution in [0.2, 0.25) is 0 Å². The maximum Gasteiger partial charge on any atom is 0.139 e. The minimum absolute atomic E-state index is 0.0149. The van der Waals surface area contributed by atoms with Crippen molar-refractivity contribution >= 4 is 11.5 Å². The van der Waals surface area contributed by atoms with E-state index < -0.39 is 0 Å². The average molecular weight is 269 g/mol. The van der Waals surface area contributed by atoms with Crippen molar-refractivity contribution in [2.24, 2.45) is 17.3 Å². The molecule has 0 bridgehead atoms. The van der Waals surface area contributed by atoms with E-state index in [1.807, 2.05) is 6.07 Å². The third kappa shape index (κ3) is 1.48. The molecule has 4 rings (SSSR count). The lowest BCUT2D eigenvalue weighted by atomic mass is 9.55. The van der Waals surface area contributed by atoms with Crippen molar-refractivity contribution in [3.05, 3.63) is 29.3 Å². The summed E-state index contributed by atoms with van der Waals surface area (Å²) in [4.78, 5) is 12.3. The summed E-state index contributed by atoms with van der Waals surface area (Å²) >= 11 is 0. The lowest BCUT2D eigenvalue weighted by Crippen LogP contribution is -2.42. The van der Waals surface area contributed by atoms with E-state index in [0.29, 0.717) is 23.5 Å². The Hall–Kier alpha value is -1.31. The van der Waals surface area contributed by atoms with Crippen LogP contribution in [0, 0.1) is 17.3 Å². The molecule has 0 spiro atoms. The van der Waals surface area contributed by atoms with E-state index in [1.165, 1.54) is 24.0 Å². The SMILES string of the molecule is CC12CCC3c4cccc(N)c4CCC3C1CCC2=O. The van der Waals surface area contributed by atoms with Gasteiger partial charge >= 0.3 is 0 Å². The average Bonchev–Trinajstić information content (AvgIpc) is 2.75. The van der Waals surface area contributed by atoms with Crippen LogP contribution in [0.4, 0.5) is 5.69 Å². The van der Waals surface area contributed by atoms with E-state index in [9.17, 15) is 4.79 Å². The van der Waals surface area contributed by atoms with Gasteiger partial charge in [0.2, 0.25) is 0 Å². The maximum absolute atomic E-state index is 12.3. The van der Waals surface area contributed by atoms with E-state index in [4.69, 9.17) is 5.73 Å². The minimum atomic E-state index is -0.0149. The minimum Gasteiger partial charge on any atom is -0.398 e. The van der Waals surface area contributed by atoms with Crippen molar-refractivity contribution in [2.75, 3.05) is 5.73 Å². The molecule has 4 unspecified atom stereocenters. The lowest BCUT2D eigenvalue weighted by Gasteiger charge is -2.48. The predicted octanol–water partition coefficient (Wildman–Crippen LogP) is 3.69. The number of carbonyl (C=O) groups is 1. The molecule has 0 aromatic heterocycles. The third-order valence-corrected chi connectivity index (χ3v) is 6.52. The monoisotopic (exact) mass is 269 g/mol. The van der Waals surface area contributed by atoms with Gasteiger partial charge in [0.1, 0.15) is 5.78 Å². The van der Waals surface area contributed by atoms with Gasteiger partial charge in [-0.1, -0.05) is 19.1 Å². The Kier molecular flexibility index (Phi) is 2.55. The van der Waals surface area contributed by atoms with Crippen molar-refractivity contribution in [3.8, 4) is 0 Å². The highest BCUT2D eigenvalue weighted by atomic mass is 16.1. The van der Waals surface area contributed by atoms with E-state index >= 15 is 0 Å². The molecular formula is C18H23NO. The van der Waals surface area contributed by atoms with Gasteiger partial charge in [-0.25, -0.2) is 0 Å². The van der Waals surface area contributed by atoms with E-state index in [0.717, 1.165) is 31.4 Å². The smallest absolute Gasteiger partial charge is 0.139 e. The Balaban J connectivity index is 1.75. The highest BCUT2D eigenvalue weighted by molar-refractivity contribution is 5.87. The van der Waals surface area contributed by atoms with Gasteiger partial charge in [-0.05, 0) is 67.1 Å². The highest BCUT2D eigenvalue weighted by Crippen LogP contribution is 2.59. The summed E-state index contributed by atoms with van der Waals surface area (Å²) in [6.45, 7) is 2.23. The lowest BCUT2D eigenvalue weighted by molar-refractivity contribution is -0.129. The van der Waals surface area contributed by atoms with Crippen molar-refractivity contribution < 1.29 is 4.79 Å². The van der Waals surface area contributed by atoms with Crippen molar-refractivity contribution in [3.63, 3.8) is 0 Å². The zero-order chi connectivity index (χ0) is 13.9. The highest BCUT2D eigenvalue weighted by Gasteiger charge is 2.54. The summed E-state index contributed by atoms with van der Waals surface area (Å²) in [5.41, 5.74) is 10.00. The molecule has 20 heavy (non-hydrogen) atoms. The molecule has 0 amide bonds. The van der Waals surface area contributed by atoms with Gasteiger partial charge in [0.15, 0.2) is 0 Å². The van der Waals surface area contributed by atoms with Gasteiger partial charge in [-0.2, -0.15) is 0 Å². The van der Waals surface area contributed by atoms with Gasteiger partial charge in [0, 0.05) is 17.5 Å². The molecule has 0 radical (unpaired) electrons. The molecule has 2 nitrogen and oxygen atoms in total. The van der Waals surface area contributed by atoms with Gasteiger partial charge in [-0.3, -0.25) is 4.79 Å². The molecule has 1 aromatic carbocycles. The first-order valence-corrected chi connectivity index (χ1v) is 8.02. The summed E-state index contributed by atoms with van der Waals surface area (Å²) in [7, 11) is 0. The topological polar surface area (TPSA) is 43.1 Å². The first-order chi connectivity index (χ1) is 9.61. The first kappa shape index (κ1) is 12.4. The molecule has 0 aliphatic heterocycles. The molecule has 3 aliphatic rings. The van der Waals surface area contributed by atoms with Gasteiger partial charge in [0.25, 0.3) is 0 Å². The number of nitrogen functional groups attached to an aromatic ring is 1. The van der Waals surface area contributed by atoms with Crippen LogP contribution in [0.15, 0.2) is 18.2 Å². The molecule has 0 saturated heterocycles. The van der Waals surface area contributed by atoms with Gasteiger partial charge in [0.05, 0.1) is 0 Å². The summed E-state index contributed by atoms with van der Waals surface area (Å²) in [6.07, 6.45) is 6.50. The van der Waals surface area contributed by atoms with Crippen molar-refractivity contribution in [1.82, 2.24) is 0 Å².